The summed E-state index contributed by atoms with van der Waals surface area (Å²) < 4.78 is 19.6. The van der Waals surface area contributed by atoms with E-state index in [1.54, 1.807) is 22.8 Å². The molecule has 1 saturated heterocycles. The van der Waals surface area contributed by atoms with Crippen LogP contribution in [0.3, 0.4) is 0 Å². The Morgan fingerprint density at radius 1 is 1.12 bits per heavy atom. The summed E-state index contributed by atoms with van der Waals surface area (Å²) in [5, 5.41) is 6.74. The van der Waals surface area contributed by atoms with Crippen molar-refractivity contribution in [3.8, 4) is 0 Å². The van der Waals surface area contributed by atoms with E-state index in [4.69, 9.17) is 4.52 Å². The summed E-state index contributed by atoms with van der Waals surface area (Å²) in [6.45, 7) is 11.2. The first kappa shape index (κ1) is 23.6. The van der Waals surface area contributed by atoms with E-state index in [2.05, 4.69) is 10.5 Å². The number of rotatable bonds is 7. The molecule has 0 atom stereocenters. The van der Waals surface area contributed by atoms with Crippen LogP contribution in [-0.4, -0.2) is 66.2 Å². The normalized spacial score (nSPS) is 13.9. The van der Waals surface area contributed by atoms with E-state index >= 15 is 0 Å². The van der Waals surface area contributed by atoms with Gasteiger partial charge in [0, 0.05) is 51.4 Å². The number of benzene rings is 1. The first-order chi connectivity index (χ1) is 15.3. The molecule has 3 amide bonds. The van der Waals surface area contributed by atoms with Gasteiger partial charge in [-0.15, -0.1) is 0 Å². The molecule has 1 aliphatic rings. The van der Waals surface area contributed by atoms with Crippen molar-refractivity contribution in [2.75, 3.05) is 44.2 Å². The van der Waals surface area contributed by atoms with E-state index in [1.165, 1.54) is 6.07 Å². The number of nitrogens with one attached hydrogen (secondary N) is 1. The number of piperazine rings is 1. The molecule has 0 unspecified atom stereocenters. The Kier molecular flexibility index (Phi) is 7.71. The van der Waals surface area contributed by atoms with Crippen LogP contribution >= 0.6 is 0 Å². The van der Waals surface area contributed by atoms with Gasteiger partial charge < -0.3 is 24.5 Å². The summed E-state index contributed by atoms with van der Waals surface area (Å²) >= 11 is 0. The number of carbonyl (C=O) groups excluding carboxylic acids is 2. The lowest BCUT2D eigenvalue weighted by Gasteiger charge is -2.34. The highest BCUT2D eigenvalue weighted by molar-refractivity contribution is 5.80. The first-order valence-electron chi connectivity index (χ1n) is 11.1. The quantitative estimate of drug-likeness (QED) is 0.709. The molecule has 8 nitrogen and oxygen atoms in total. The number of halogens is 1. The molecule has 9 heteroatoms. The fraction of sp³-hybridized carbons (Fsp3) is 0.522. The van der Waals surface area contributed by atoms with Crippen molar-refractivity contribution in [1.29, 1.82) is 0 Å². The van der Waals surface area contributed by atoms with Gasteiger partial charge in [0.15, 0.2) is 0 Å². The summed E-state index contributed by atoms with van der Waals surface area (Å²) in [6.07, 6.45) is 0.252. The van der Waals surface area contributed by atoms with Crippen LogP contribution in [0, 0.1) is 19.7 Å². The van der Waals surface area contributed by atoms with Crippen LogP contribution in [0.1, 0.15) is 36.4 Å². The Morgan fingerprint density at radius 3 is 2.34 bits per heavy atom. The Bertz CT molecular complexity index is 930. The number of aryl methyl sites for hydroxylation is 2. The molecule has 174 valence electrons. The molecule has 0 bridgehead atoms. The summed E-state index contributed by atoms with van der Waals surface area (Å²) in [4.78, 5) is 30.5. The summed E-state index contributed by atoms with van der Waals surface area (Å²) in [5.74, 6) is 0.379. The Hall–Kier alpha value is -3.10. The van der Waals surface area contributed by atoms with E-state index in [0.717, 1.165) is 24.3 Å². The van der Waals surface area contributed by atoms with Crippen molar-refractivity contribution in [3.05, 3.63) is 46.6 Å². The van der Waals surface area contributed by atoms with Crippen LogP contribution in [0.4, 0.5) is 14.9 Å². The summed E-state index contributed by atoms with van der Waals surface area (Å²) in [7, 11) is 0. The van der Waals surface area contributed by atoms with E-state index < -0.39 is 0 Å². The van der Waals surface area contributed by atoms with Gasteiger partial charge in [0.05, 0.1) is 17.8 Å². The molecule has 0 spiro atoms. The number of nitrogens with zero attached hydrogens (tertiary/aromatic N) is 4. The number of anilines is 1. The summed E-state index contributed by atoms with van der Waals surface area (Å²) in [6, 6.07) is 4.85. The Morgan fingerprint density at radius 2 is 1.78 bits per heavy atom. The zero-order chi connectivity index (χ0) is 23.3. The zero-order valence-corrected chi connectivity index (χ0v) is 19.3. The number of aromatic nitrogens is 1. The fourth-order valence-corrected chi connectivity index (χ4v) is 3.95. The molecule has 1 aromatic carbocycles. The lowest BCUT2D eigenvalue weighted by molar-refractivity contribution is -0.131. The maximum Gasteiger partial charge on any atom is 0.317 e. The molecule has 1 fully saturated rings. The van der Waals surface area contributed by atoms with E-state index in [9.17, 15) is 14.0 Å². The molecule has 2 aromatic rings. The highest BCUT2D eigenvalue weighted by atomic mass is 19.1. The minimum atomic E-state index is -0.286. The van der Waals surface area contributed by atoms with E-state index in [1.807, 2.05) is 31.7 Å². The zero-order valence-electron chi connectivity index (χ0n) is 19.3. The number of carbonyl (C=O) groups is 2. The van der Waals surface area contributed by atoms with Crippen LogP contribution in [0.5, 0.6) is 0 Å². The van der Waals surface area contributed by atoms with Gasteiger partial charge in [-0.25, -0.2) is 9.18 Å². The van der Waals surface area contributed by atoms with Gasteiger partial charge in [-0.1, -0.05) is 11.2 Å². The number of amides is 3. The monoisotopic (exact) mass is 445 g/mol. The average Bonchev–Trinajstić information content (AvgIpc) is 3.11. The molecule has 1 aromatic heterocycles. The smallest absolute Gasteiger partial charge is 0.317 e. The standard InChI is InChI=1S/C23H32FN5O3/c1-5-27(6-2)21-8-7-18(13-20(21)24)15-25-23(31)29-11-9-28(10-12-29)22(30)14-19-16(3)26-32-17(19)4/h7-8,13H,5-6,9-12,14-15H2,1-4H3,(H,25,31). The van der Waals surface area contributed by atoms with Crippen molar-refractivity contribution in [2.24, 2.45) is 0 Å². The van der Waals surface area contributed by atoms with Crippen molar-refractivity contribution < 1.29 is 18.5 Å². The van der Waals surface area contributed by atoms with Gasteiger partial charge in [-0.2, -0.15) is 0 Å². The van der Waals surface area contributed by atoms with Crippen molar-refractivity contribution in [2.45, 2.75) is 40.7 Å². The second kappa shape index (κ2) is 10.5. The first-order valence-corrected chi connectivity index (χ1v) is 11.1. The second-order valence-corrected chi connectivity index (χ2v) is 7.96. The summed E-state index contributed by atoms with van der Waals surface area (Å²) in [5.41, 5.74) is 2.84. The van der Waals surface area contributed by atoms with Gasteiger partial charge in [-0.3, -0.25) is 4.79 Å². The third-order valence-corrected chi connectivity index (χ3v) is 5.99. The lowest BCUT2D eigenvalue weighted by atomic mass is 10.1. The number of hydrogen-bond acceptors (Lipinski definition) is 5. The van der Waals surface area contributed by atoms with Crippen LogP contribution < -0.4 is 10.2 Å². The van der Waals surface area contributed by atoms with Gasteiger partial charge in [0.1, 0.15) is 11.6 Å². The third-order valence-electron chi connectivity index (χ3n) is 5.99. The topological polar surface area (TPSA) is 81.9 Å². The van der Waals surface area contributed by atoms with Crippen molar-refractivity contribution in [1.82, 2.24) is 20.3 Å². The molecule has 0 aliphatic carbocycles. The maximum atomic E-state index is 14.4. The van der Waals surface area contributed by atoms with Gasteiger partial charge in [0.25, 0.3) is 0 Å². The number of hydrogen-bond donors (Lipinski definition) is 1. The molecule has 0 radical (unpaired) electrons. The molecular formula is C23H32FN5O3. The van der Waals surface area contributed by atoms with Crippen molar-refractivity contribution >= 4 is 17.6 Å². The highest BCUT2D eigenvalue weighted by Crippen LogP contribution is 2.20. The van der Waals surface area contributed by atoms with Crippen LogP contribution in [0.2, 0.25) is 0 Å². The Balaban J connectivity index is 1.47. The molecular weight excluding hydrogens is 413 g/mol. The third kappa shape index (κ3) is 5.38. The number of urea groups is 1. The van der Waals surface area contributed by atoms with Crippen LogP contribution in [0.15, 0.2) is 22.7 Å². The SMILES string of the molecule is CCN(CC)c1ccc(CNC(=O)N2CCN(C(=O)Cc3c(C)noc3C)CC2)cc1F. The second-order valence-electron chi connectivity index (χ2n) is 7.96. The van der Waals surface area contributed by atoms with Crippen LogP contribution in [0.25, 0.3) is 0 Å². The Labute approximate surface area is 188 Å². The minimum Gasteiger partial charge on any atom is -0.370 e. The van der Waals surface area contributed by atoms with Gasteiger partial charge in [-0.05, 0) is 45.4 Å². The molecule has 32 heavy (non-hydrogen) atoms. The molecule has 3 rings (SSSR count). The van der Waals surface area contributed by atoms with E-state index in [0.29, 0.717) is 43.2 Å². The minimum absolute atomic E-state index is 0.00299. The predicted molar refractivity (Wildman–Crippen MR) is 120 cm³/mol. The molecule has 0 saturated carbocycles. The van der Waals surface area contributed by atoms with Gasteiger partial charge in [0.2, 0.25) is 5.91 Å². The fourth-order valence-electron chi connectivity index (χ4n) is 3.95. The molecule has 2 heterocycles. The van der Waals surface area contributed by atoms with Gasteiger partial charge >= 0.3 is 6.03 Å². The lowest BCUT2D eigenvalue weighted by Crippen LogP contribution is -2.53. The molecule has 1 N–H and O–H groups in total. The van der Waals surface area contributed by atoms with Crippen molar-refractivity contribution in [3.63, 3.8) is 0 Å². The highest BCUT2D eigenvalue weighted by Gasteiger charge is 2.25. The maximum absolute atomic E-state index is 14.4. The van der Waals surface area contributed by atoms with Crippen LogP contribution in [-0.2, 0) is 17.8 Å². The van der Waals surface area contributed by atoms with E-state index in [-0.39, 0.29) is 30.7 Å². The largest absolute Gasteiger partial charge is 0.370 e. The predicted octanol–water partition coefficient (Wildman–Crippen LogP) is 2.87. The molecule has 1 aliphatic heterocycles. The average molecular weight is 446 g/mol.